The molecule has 0 aliphatic carbocycles. The number of hydrogen-bond acceptors (Lipinski definition) is 6. The van der Waals surface area contributed by atoms with Crippen molar-refractivity contribution < 1.29 is 14.3 Å². The smallest absolute Gasteiger partial charge is 0.258 e. The van der Waals surface area contributed by atoms with Crippen LogP contribution in [0.5, 0.6) is 11.5 Å². The van der Waals surface area contributed by atoms with Crippen molar-refractivity contribution in [3.05, 3.63) is 59.7 Å². The Hall–Kier alpha value is -2.90. The number of benzene rings is 2. The van der Waals surface area contributed by atoms with Crippen LogP contribution in [0.25, 0.3) is 0 Å². The van der Waals surface area contributed by atoms with Gasteiger partial charge in [0.05, 0.1) is 19.9 Å². The highest BCUT2D eigenvalue weighted by Gasteiger charge is 2.30. The minimum absolute atomic E-state index is 0.0310. The van der Waals surface area contributed by atoms with Crippen LogP contribution in [0.4, 0.5) is 0 Å². The van der Waals surface area contributed by atoms with Crippen LogP contribution in [0, 0.1) is 0 Å². The van der Waals surface area contributed by atoms with E-state index in [-0.39, 0.29) is 18.0 Å². The van der Waals surface area contributed by atoms with E-state index in [0.717, 1.165) is 22.6 Å². The van der Waals surface area contributed by atoms with E-state index < -0.39 is 0 Å². The van der Waals surface area contributed by atoms with Crippen molar-refractivity contribution in [1.29, 1.82) is 0 Å². The van der Waals surface area contributed by atoms with Gasteiger partial charge in [0, 0.05) is 6.04 Å². The Bertz CT molecular complexity index is 809. The molecule has 2 unspecified atom stereocenters. The predicted octanol–water partition coefficient (Wildman–Crippen LogP) is 2.15. The van der Waals surface area contributed by atoms with Crippen molar-refractivity contribution in [2.45, 2.75) is 25.4 Å². The molecule has 0 spiro atoms. The van der Waals surface area contributed by atoms with Gasteiger partial charge >= 0.3 is 0 Å². The summed E-state index contributed by atoms with van der Waals surface area (Å²) in [5.41, 5.74) is 10.7. The molecular weight excluding hydrogens is 344 g/mol. The first-order valence-electron chi connectivity index (χ1n) is 8.90. The van der Waals surface area contributed by atoms with E-state index in [0.29, 0.717) is 13.0 Å². The third-order valence-corrected chi connectivity index (χ3v) is 4.27. The summed E-state index contributed by atoms with van der Waals surface area (Å²) >= 11 is 0. The molecule has 7 heteroatoms. The summed E-state index contributed by atoms with van der Waals surface area (Å²) in [6, 6.07) is 15.0. The van der Waals surface area contributed by atoms with Crippen LogP contribution in [0.15, 0.2) is 53.6 Å². The minimum atomic E-state index is -0.367. The number of methoxy groups -OCH3 is 1. The summed E-state index contributed by atoms with van der Waals surface area (Å²) in [7, 11) is 1.61. The summed E-state index contributed by atoms with van der Waals surface area (Å²) in [6.07, 6.45) is 2.21. The first-order chi connectivity index (χ1) is 13.2. The highest BCUT2D eigenvalue weighted by atomic mass is 16.5. The van der Waals surface area contributed by atoms with E-state index in [1.807, 2.05) is 55.5 Å². The van der Waals surface area contributed by atoms with Crippen LogP contribution in [-0.2, 0) is 4.79 Å². The van der Waals surface area contributed by atoms with Gasteiger partial charge in [-0.25, -0.2) is 16.3 Å². The molecule has 0 radical (unpaired) electrons. The number of amides is 1. The topological polar surface area (TPSA) is 84.0 Å². The molecule has 1 saturated heterocycles. The Morgan fingerprint density at radius 2 is 2.04 bits per heavy atom. The SMILES string of the molecule is CCOc1cccc(C2CC(C(=O)N/N=C/c3cccc(OC)c3)NN2)c1. The fraction of sp³-hybridized carbons (Fsp3) is 0.300. The predicted molar refractivity (Wildman–Crippen MR) is 104 cm³/mol. The molecule has 1 amide bonds. The van der Waals surface area contributed by atoms with Crippen molar-refractivity contribution in [3.8, 4) is 11.5 Å². The minimum Gasteiger partial charge on any atom is -0.497 e. The zero-order chi connectivity index (χ0) is 19.1. The summed E-state index contributed by atoms with van der Waals surface area (Å²) in [6.45, 7) is 2.57. The Kier molecular flexibility index (Phi) is 6.40. The third-order valence-electron chi connectivity index (χ3n) is 4.27. The molecule has 2 aromatic carbocycles. The van der Waals surface area contributed by atoms with Crippen molar-refractivity contribution in [2.75, 3.05) is 13.7 Å². The Morgan fingerprint density at radius 3 is 2.85 bits per heavy atom. The maximum atomic E-state index is 12.3. The third kappa shape index (κ3) is 5.06. The number of nitrogens with zero attached hydrogens (tertiary/aromatic N) is 1. The van der Waals surface area contributed by atoms with Crippen LogP contribution >= 0.6 is 0 Å². The largest absolute Gasteiger partial charge is 0.497 e. The fourth-order valence-electron chi connectivity index (χ4n) is 2.90. The molecule has 2 aromatic rings. The number of rotatable bonds is 7. The van der Waals surface area contributed by atoms with Crippen LogP contribution in [0.3, 0.4) is 0 Å². The number of hydrogen-bond donors (Lipinski definition) is 3. The molecule has 0 aromatic heterocycles. The van der Waals surface area contributed by atoms with Gasteiger partial charge in [0.25, 0.3) is 5.91 Å². The van der Waals surface area contributed by atoms with E-state index in [4.69, 9.17) is 9.47 Å². The highest BCUT2D eigenvalue weighted by Crippen LogP contribution is 2.25. The number of hydrazone groups is 1. The molecule has 27 heavy (non-hydrogen) atoms. The first kappa shape index (κ1) is 18.9. The second-order valence-corrected chi connectivity index (χ2v) is 6.15. The van der Waals surface area contributed by atoms with Gasteiger partial charge in [-0.15, -0.1) is 0 Å². The van der Waals surface area contributed by atoms with E-state index in [2.05, 4.69) is 21.4 Å². The van der Waals surface area contributed by atoms with Gasteiger partial charge < -0.3 is 9.47 Å². The molecule has 1 fully saturated rings. The Balaban J connectivity index is 1.54. The van der Waals surface area contributed by atoms with Crippen LogP contribution in [-0.4, -0.2) is 31.9 Å². The summed E-state index contributed by atoms with van der Waals surface area (Å²) in [5.74, 6) is 1.38. The summed E-state index contributed by atoms with van der Waals surface area (Å²) < 4.78 is 10.7. The molecule has 1 aliphatic heterocycles. The van der Waals surface area contributed by atoms with Gasteiger partial charge in [0.15, 0.2) is 0 Å². The van der Waals surface area contributed by atoms with Crippen molar-refractivity contribution in [3.63, 3.8) is 0 Å². The van der Waals surface area contributed by atoms with Gasteiger partial charge in [-0.3, -0.25) is 4.79 Å². The van der Waals surface area contributed by atoms with Crippen molar-refractivity contribution >= 4 is 12.1 Å². The van der Waals surface area contributed by atoms with Gasteiger partial charge in [-0.1, -0.05) is 24.3 Å². The van der Waals surface area contributed by atoms with Crippen molar-refractivity contribution in [1.82, 2.24) is 16.3 Å². The number of carbonyl (C=O) groups excluding carboxylic acids is 1. The van der Waals surface area contributed by atoms with Gasteiger partial charge in [0.2, 0.25) is 0 Å². The van der Waals surface area contributed by atoms with Crippen LogP contribution in [0.1, 0.15) is 30.5 Å². The van der Waals surface area contributed by atoms with Gasteiger partial charge in [-0.2, -0.15) is 5.10 Å². The van der Waals surface area contributed by atoms with E-state index in [1.54, 1.807) is 13.3 Å². The molecular formula is C20H24N4O3. The number of carbonyl (C=O) groups is 1. The average molecular weight is 368 g/mol. The number of hydrazine groups is 1. The summed E-state index contributed by atoms with van der Waals surface area (Å²) in [5, 5.41) is 4.03. The van der Waals surface area contributed by atoms with E-state index in [1.165, 1.54) is 0 Å². The number of ether oxygens (including phenoxy) is 2. The lowest BCUT2D eigenvalue weighted by atomic mass is 10.0. The Morgan fingerprint density at radius 1 is 1.22 bits per heavy atom. The van der Waals surface area contributed by atoms with E-state index in [9.17, 15) is 4.79 Å². The monoisotopic (exact) mass is 368 g/mol. The molecule has 7 nitrogen and oxygen atoms in total. The average Bonchev–Trinajstić information content (AvgIpc) is 3.19. The fourth-order valence-corrected chi connectivity index (χ4v) is 2.90. The molecule has 2 atom stereocenters. The maximum absolute atomic E-state index is 12.3. The van der Waals surface area contributed by atoms with Crippen molar-refractivity contribution in [2.24, 2.45) is 5.10 Å². The van der Waals surface area contributed by atoms with E-state index >= 15 is 0 Å². The molecule has 1 aliphatic rings. The quantitative estimate of drug-likeness (QED) is 0.515. The molecule has 0 bridgehead atoms. The normalized spacial score (nSPS) is 19.2. The van der Waals surface area contributed by atoms with Gasteiger partial charge in [0.1, 0.15) is 17.5 Å². The zero-order valence-electron chi connectivity index (χ0n) is 15.4. The Labute approximate surface area is 158 Å². The number of nitrogens with one attached hydrogen (secondary N) is 3. The second kappa shape index (κ2) is 9.16. The zero-order valence-corrected chi connectivity index (χ0v) is 15.4. The molecule has 3 N–H and O–H groups in total. The second-order valence-electron chi connectivity index (χ2n) is 6.15. The molecule has 142 valence electrons. The summed E-state index contributed by atoms with van der Waals surface area (Å²) in [4.78, 5) is 12.3. The van der Waals surface area contributed by atoms with Crippen LogP contribution in [0.2, 0.25) is 0 Å². The lowest BCUT2D eigenvalue weighted by molar-refractivity contribution is -0.122. The lowest BCUT2D eigenvalue weighted by Gasteiger charge is -2.11. The van der Waals surface area contributed by atoms with Crippen LogP contribution < -0.4 is 25.8 Å². The molecule has 3 rings (SSSR count). The highest BCUT2D eigenvalue weighted by molar-refractivity contribution is 5.85. The first-order valence-corrected chi connectivity index (χ1v) is 8.90. The molecule has 0 saturated carbocycles. The molecule has 1 heterocycles. The van der Waals surface area contributed by atoms with Gasteiger partial charge in [-0.05, 0) is 48.7 Å². The lowest BCUT2D eigenvalue weighted by Crippen LogP contribution is -2.41. The standard InChI is InChI=1S/C20H24N4O3/c1-3-27-17-9-5-7-15(11-17)18-12-19(23-22-18)20(25)24-21-13-14-6-4-8-16(10-14)26-2/h4-11,13,18-19,22-23H,3,12H2,1-2H3,(H,24,25)/b21-13+. The maximum Gasteiger partial charge on any atom is 0.258 e.